The van der Waals surface area contributed by atoms with Gasteiger partial charge < -0.3 is 10.6 Å². The maximum atomic E-state index is 5.62. The molecular weight excluding hydrogens is 266 g/mol. The van der Waals surface area contributed by atoms with E-state index in [4.69, 9.17) is 18.0 Å². The Morgan fingerprint density at radius 2 is 2.00 bits per heavy atom. The number of hydrogen-bond acceptors (Lipinski definition) is 3. The lowest BCUT2D eigenvalue weighted by molar-refractivity contribution is 0.584. The Balaban J connectivity index is 2.87. The number of pyridine rings is 1. The van der Waals surface area contributed by atoms with Gasteiger partial charge in [-0.2, -0.15) is 0 Å². The van der Waals surface area contributed by atoms with Crippen LogP contribution in [0.25, 0.3) is 0 Å². The molecule has 0 aliphatic heterocycles. The van der Waals surface area contributed by atoms with E-state index in [0.717, 1.165) is 25.3 Å². The second kappa shape index (κ2) is 7.02. The Kier molecular flexibility index (Phi) is 5.93. The van der Waals surface area contributed by atoms with E-state index in [-0.39, 0.29) is 5.41 Å². The van der Waals surface area contributed by atoms with Gasteiger partial charge in [0, 0.05) is 25.7 Å². The van der Waals surface area contributed by atoms with Crippen LogP contribution >= 0.6 is 12.2 Å². The molecule has 0 spiro atoms. The summed E-state index contributed by atoms with van der Waals surface area (Å²) in [6.45, 7) is 12.8. The molecule has 0 amide bonds. The molecule has 0 radical (unpaired) electrons. The molecule has 0 bridgehead atoms. The third-order valence-electron chi connectivity index (χ3n) is 3.15. The minimum absolute atomic E-state index is 0.132. The van der Waals surface area contributed by atoms with Gasteiger partial charge >= 0.3 is 0 Å². The Hall–Kier alpha value is -1.16. The van der Waals surface area contributed by atoms with Gasteiger partial charge in [0.25, 0.3) is 0 Å². The lowest BCUT2D eigenvalue weighted by Crippen LogP contribution is -2.31. The first kappa shape index (κ1) is 16.9. The van der Waals surface area contributed by atoms with Crippen molar-refractivity contribution in [2.45, 2.75) is 46.5 Å². The quantitative estimate of drug-likeness (QED) is 0.815. The fourth-order valence-electron chi connectivity index (χ4n) is 2.00. The van der Waals surface area contributed by atoms with Crippen LogP contribution in [0.15, 0.2) is 18.3 Å². The van der Waals surface area contributed by atoms with E-state index in [9.17, 15) is 0 Å². The van der Waals surface area contributed by atoms with E-state index in [1.807, 2.05) is 6.20 Å². The van der Waals surface area contributed by atoms with Crippen LogP contribution in [0.3, 0.4) is 0 Å². The van der Waals surface area contributed by atoms with Crippen LogP contribution in [0.1, 0.15) is 46.6 Å². The van der Waals surface area contributed by atoms with E-state index in [0.29, 0.717) is 10.9 Å². The normalized spacial score (nSPS) is 11.7. The summed E-state index contributed by atoms with van der Waals surface area (Å²) in [6, 6.07) is 4.26. The summed E-state index contributed by atoms with van der Waals surface area (Å²) < 4.78 is 0. The lowest BCUT2D eigenvalue weighted by atomic mass is 9.88. The Labute approximate surface area is 128 Å². The summed E-state index contributed by atoms with van der Waals surface area (Å²) in [6.07, 6.45) is 2.70. The molecule has 3 nitrogen and oxygen atoms in total. The maximum Gasteiger partial charge on any atom is 0.128 e. The van der Waals surface area contributed by atoms with Gasteiger partial charge in [0.1, 0.15) is 5.82 Å². The summed E-state index contributed by atoms with van der Waals surface area (Å²) in [5.41, 5.74) is 7.00. The number of nitrogens with zero attached hydrogens (tertiary/aromatic N) is 2. The monoisotopic (exact) mass is 293 g/mol. The molecule has 0 saturated carbocycles. The zero-order valence-corrected chi connectivity index (χ0v) is 14.1. The van der Waals surface area contributed by atoms with Crippen LogP contribution in [0.2, 0.25) is 0 Å². The van der Waals surface area contributed by atoms with E-state index >= 15 is 0 Å². The van der Waals surface area contributed by atoms with Crippen molar-refractivity contribution in [2.24, 2.45) is 11.7 Å². The summed E-state index contributed by atoms with van der Waals surface area (Å²) >= 11 is 4.98. The minimum Gasteiger partial charge on any atom is -0.393 e. The van der Waals surface area contributed by atoms with E-state index in [1.165, 1.54) is 5.56 Å². The van der Waals surface area contributed by atoms with E-state index in [1.54, 1.807) is 0 Å². The van der Waals surface area contributed by atoms with Gasteiger partial charge in [-0.15, -0.1) is 0 Å². The molecule has 0 atom stereocenters. The van der Waals surface area contributed by atoms with Crippen LogP contribution in [0.4, 0.5) is 5.82 Å². The van der Waals surface area contributed by atoms with Crippen molar-refractivity contribution in [2.75, 3.05) is 18.0 Å². The van der Waals surface area contributed by atoms with Crippen molar-refractivity contribution >= 4 is 23.0 Å². The Bertz CT molecular complexity index is 432. The highest BCUT2D eigenvalue weighted by Gasteiger charge is 2.15. The largest absolute Gasteiger partial charge is 0.393 e. The number of nitrogens with two attached hydrogens (primary N) is 1. The molecule has 1 aromatic heterocycles. The summed E-state index contributed by atoms with van der Waals surface area (Å²) in [5, 5.41) is 0. The van der Waals surface area contributed by atoms with E-state index < -0.39 is 0 Å². The number of thiocarbonyl (C=S) groups is 1. The first-order chi connectivity index (χ1) is 9.20. The lowest BCUT2D eigenvalue weighted by Gasteiger charge is -2.26. The first-order valence-electron chi connectivity index (χ1n) is 7.20. The van der Waals surface area contributed by atoms with Crippen LogP contribution in [-0.2, 0) is 5.41 Å². The third kappa shape index (κ3) is 5.45. The molecule has 1 heterocycles. The SMILES string of the molecule is CC(C)CN(CCC(N)=S)c1ccc(C(C)(C)C)cn1. The van der Waals surface area contributed by atoms with Crippen molar-refractivity contribution in [3.05, 3.63) is 23.9 Å². The van der Waals surface area contributed by atoms with Crippen LogP contribution in [0.5, 0.6) is 0 Å². The van der Waals surface area contributed by atoms with Gasteiger partial charge in [-0.25, -0.2) is 4.98 Å². The first-order valence-corrected chi connectivity index (χ1v) is 7.60. The molecular formula is C16H27N3S. The fourth-order valence-corrected chi connectivity index (χ4v) is 2.09. The molecule has 1 aromatic rings. The second-order valence-corrected chi connectivity index (χ2v) is 7.24. The molecule has 4 heteroatoms. The third-order valence-corrected chi connectivity index (χ3v) is 3.36. The second-order valence-electron chi connectivity index (χ2n) is 6.71. The highest BCUT2D eigenvalue weighted by Crippen LogP contribution is 2.23. The molecule has 0 saturated heterocycles. The van der Waals surface area contributed by atoms with Crippen molar-refractivity contribution in [3.63, 3.8) is 0 Å². The molecule has 0 fully saturated rings. The number of hydrogen-bond donors (Lipinski definition) is 1. The van der Waals surface area contributed by atoms with Gasteiger partial charge in [-0.05, 0) is 23.0 Å². The zero-order valence-electron chi connectivity index (χ0n) is 13.3. The Morgan fingerprint density at radius 3 is 2.40 bits per heavy atom. The van der Waals surface area contributed by atoms with E-state index in [2.05, 4.69) is 56.6 Å². The summed E-state index contributed by atoms with van der Waals surface area (Å²) in [5.74, 6) is 1.58. The van der Waals surface area contributed by atoms with Gasteiger partial charge in [0.05, 0.1) is 4.99 Å². The molecule has 2 N–H and O–H groups in total. The van der Waals surface area contributed by atoms with Crippen molar-refractivity contribution in [1.82, 2.24) is 4.98 Å². The molecule has 20 heavy (non-hydrogen) atoms. The van der Waals surface area contributed by atoms with Gasteiger partial charge in [0.2, 0.25) is 0 Å². The van der Waals surface area contributed by atoms with Crippen LogP contribution in [-0.4, -0.2) is 23.1 Å². The highest BCUT2D eigenvalue weighted by atomic mass is 32.1. The summed E-state index contributed by atoms with van der Waals surface area (Å²) in [4.78, 5) is 7.44. The number of rotatable bonds is 6. The van der Waals surface area contributed by atoms with Gasteiger partial charge in [0.15, 0.2) is 0 Å². The van der Waals surface area contributed by atoms with Gasteiger partial charge in [-0.1, -0.05) is 52.9 Å². The molecule has 0 aromatic carbocycles. The van der Waals surface area contributed by atoms with Crippen molar-refractivity contribution in [3.8, 4) is 0 Å². The predicted molar refractivity (Wildman–Crippen MR) is 91.4 cm³/mol. The number of aromatic nitrogens is 1. The average Bonchev–Trinajstić information content (AvgIpc) is 2.33. The minimum atomic E-state index is 0.132. The maximum absolute atomic E-state index is 5.62. The summed E-state index contributed by atoms with van der Waals surface area (Å²) in [7, 11) is 0. The molecule has 112 valence electrons. The average molecular weight is 293 g/mol. The molecule has 1 rings (SSSR count). The smallest absolute Gasteiger partial charge is 0.128 e. The molecule has 0 aliphatic carbocycles. The zero-order chi connectivity index (χ0) is 15.3. The molecule has 0 aliphatic rings. The van der Waals surface area contributed by atoms with Crippen molar-refractivity contribution in [1.29, 1.82) is 0 Å². The fraction of sp³-hybridized carbons (Fsp3) is 0.625. The molecule has 0 unspecified atom stereocenters. The highest BCUT2D eigenvalue weighted by molar-refractivity contribution is 7.80. The van der Waals surface area contributed by atoms with Crippen molar-refractivity contribution < 1.29 is 0 Å². The number of anilines is 1. The van der Waals surface area contributed by atoms with Crippen LogP contribution < -0.4 is 10.6 Å². The Morgan fingerprint density at radius 1 is 1.35 bits per heavy atom. The predicted octanol–water partition coefficient (Wildman–Crippen LogP) is 3.52. The topological polar surface area (TPSA) is 42.1 Å². The van der Waals surface area contributed by atoms with Gasteiger partial charge in [-0.3, -0.25) is 0 Å². The standard InChI is InChI=1S/C16H27N3S/c1-12(2)11-19(9-8-14(17)20)15-7-6-13(10-18-15)16(3,4)5/h6-7,10,12H,8-9,11H2,1-5H3,(H2,17,20). The van der Waals surface area contributed by atoms with Crippen LogP contribution in [0, 0.1) is 5.92 Å².